The van der Waals surface area contributed by atoms with Gasteiger partial charge in [-0.2, -0.15) is 0 Å². The Kier molecular flexibility index (Phi) is 6.89. The average Bonchev–Trinajstić information content (AvgIpc) is 2.48. The smallest absolute Gasteiger partial charge is 0.0610 e. The Morgan fingerprint density at radius 3 is 2.42 bits per heavy atom. The zero-order chi connectivity index (χ0) is 14.1. The van der Waals surface area contributed by atoms with Gasteiger partial charge in [0.15, 0.2) is 0 Å². The minimum atomic E-state index is -0.135. The summed E-state index contributed by atoms with van der Waals surface area (Å²) in [5.41, 5.74) is 1.16. The third-order valence-electron chi connectivity index (χ3n) is 3.86. The van der Waals surface area contributed by atoms with E-state index in [4.69, 9.17) is 0 Å². The van der Waals surface area contributed by atoms with Gasteiger partial charge < -0.3 is 15.3 Å². The summed E-state index contributed by atoms with van der Waals surface area (Å²) in [7, 11) is 1.92. The van der Waals surface area contributed by atoms with Gasteiger partial charge in [0.1, 0.15) is 0 Å². The molecular formula is C16H28N2O. The summed E-state index contributed by atoms with van der Waals surface area (Å²) >= 11 is 0. The first-order chi connectivity index (χ1) is 9.15. The van der Waals surface area contributed by atoms with E-state index in [9.17, 15) is 5.11 Å². The molecule has 19 heavy (non-hydrogen) atoms. The van der Waals surface area contributed by atoms with Gasteiger partial charge in [0.25, 0.3) is 0 Å². The molecule has 1 atom stereocenters. The molecule has 0 aromatic heterocycles. The van der Waals surface area contributed by atoms with Gasteiger partial charge in [-0.25, -0.2) is 0 Å². The highest BCUT2D eigenvalue weighted by atomic mass is 16.3. The van der Waals surface area contributed by atoms with Crippen LogP contribution in [-0.2, 0) is 0 Å². The lowest BCUT2D eigenvalue weighted by Gasteiger charge is -2.28. The summed E-state index contributed by atoms with van der Waals surface area (Å²) < 4.78 is 0. The fraction of sp³-hybridized carbons (Fsp3) is 0.625. The van der Waals surface area contributed by atoms with E-state index >= 15 is 0 Å². The largest absolute Gasteiger partial charge is 0.394 e. The number of hydrogen-bond donors (Lipinski definition) is 2. The van der Waals surface area contributed by atoms with Crippen LogP contribution in [0.1, 0.15) is 33.1 Å². The molecule has 0 heterocycles. The Bertz CT molecular complexity index is 336. The van der Waals surface area contributed by atoms with E-state index in [1.54, 1.807) is 0 Å². The Morgan fingerprint density at radius 2 is 1.89 bits per heavy atom. The van der Waals surface area contributed by atoms with Gasteiger partial charge in [0, 0.05) is 24.3 Å². The molecule has 0 fully saturated rings. The van der Waals surface area contributed by atoms with Crippen molar-refractivity contribution in [3.63, 3.8) is 0 Å². The molecule has 0 saturated heterocycles. The van der Waals surface area contributed by atoms with E-state index in [2.05, 4.69) is 54.4 Å². The summed E-state index contributed by atoms with van der Waals surface area (Å²) in [5, 5.41) is 12.5. The van der Waals surface area contributed by atoms with Crippen molar-refractivity contribution < 1.29 is 5.11 Å². The lowest BCUT2D eigenvalue weighted by atomic mass is 9.96. The predicted molar refractivity (Wildman–Crippen MR) is 82.7 cm³/mol. The lowest BCUT2D eigenvalue weighted by Crippen LogP contribution is -2.43. The standard InChI is InChI=1S/C16H28N2O/c1-4-18(15-10-6-5-7-11-15)13-9-8-12-16(2,14-19)17-3/h5-7,10-11,17,19H,4,8-9,12-14H2,1-3H3. The lowest BCUT2D eigenvalue weighted by molar-refractivity contribution is 0.171. The van der Waals surface area contributed by atoms with Crippen LogP contribution in [0.15, 0.2) is 30.3 Å². The summed E-state index contributed by atoms with van der Waals surface area (Å²) in [6.45, 7) is 6.57. The van der Waals surface area contributed by atoms with E-state index < -0.39 is 0 Å². The van der Waals surface area contributed by atoms with E-state index in [0.29, 0.717) is 0 Å². The monoisotopic (exact) mass is 264 g/mol. The number of nitrogens with one attached hydrogen (secondary N) is 1. The highest BCUT2D eigenvalue weighted by molar-refractivity contribution is 5.45. The van der Waals surface area contributed by atoms with Crippen molar-refractivity contribution in [3.05, 3.63) is 30.3 Å². The molecule has 0 amide bonds. The second-order valence-electron chi connectivity index (χ2n) is 5.34. The SMILES string of the molecule is CCN(CCCCC(C)(CO)NC)c1ccccc1. The number of anilines is 1. The van der Waals surface area contributed by atoms with E-state index in [1.165, 1.54) is 5.69 Å². The van der Waals surface area contributed by atoms with Gasteiger partial charge in [0.2, 0.25) is 0 Å². The molecule has 108 valence electrons. The molecule has 3 nitrogen and oxygen atoms in total. The number of benzene rings is 1. The summed E-state index contributed by atoms with van der Waals surface area (Å²) in [6.07, 6.45) is 3.29. The molecule has 0 aliphatic carbocycles. The summed E-state index contributed by atoms with van der Waals surface area (Å²) in [5.74, 6) is 0. The average molecular weight is 264 g/mol. The highest BCUT2D eigenvalue weighted by Crippen LogP contribution is 2.16. The van der Waals surface area contributed by atoms with Gasteiger partial charge in [-0.15, -0.1) is 0 Å². The quantitative estimate of drug-likeness (QED) is 0.673. The van der Waals surface area contributed by atoms with Crippen molar-refractivity contribution in [2.24, 2.45) is 0 Å². The van der Waals surface area contributed by atoms with E-state index in [0.717, 1.165) is 32.4 Å². The van der Waals surface area contributed by atoms with Crippen LogP contribution >= 0.6 is 0 Å². The van der Waals surface area contributed by atoms with Crippen molar-refractivity contribution in [2.45, 2.75) is 38.6 Å². The molecule has 0 aliphatic heterocycles. The molecule has 1 aromatic carbocycles. The maximum absolute atomic E-state index is 9.35. The molecule has 0 bridgehead atoms. The van der Waals surface area contributed by atoms with Crippen molar-refractivity contribution >= 4 is 5.69 Å². The summed E-state index contributed by atoms with van der Waals surface area (Å²) in [6, 6.07) is 10.5. The van der Waals surface area contributed by atoms with Crippen LogP contribution in [0.3, 0.4) is 0 Å². The molecule has 1 aromatic rings. The number of likely N-dealkylation sites (N-methyl/N-ethyl adjacent to an activating group) is 1. The molecule has 0 aliphatic rings. The van der Waals surface area contributed by atoms with E-state index in [1.807, 2.05) is 7.05 Å². The topological polar surface area (TPSA) is 35.5 Å². The minimum absolute atomic E-state index is 0.135. The number of aliphatic hydroxyl groups excluding tert-OH is 1. The van der Waals surface area contributed by atoms with Crippen molar-refractivity contribution in [2.75, 3.05) is 31.6 Å². The number of nitrogens with zero attached hydrogens (tertiary/aromatic N) is 1. The molecule has 0 saturated carbocycles. The van der Waals surface area contributed by atoms with Crippen molar-refractivity contribution in [1.29, 1.82) is 0 Å². The van der Waals surface area contributed by atoms with Crippen LogP contribution in [0.2, 0.25) is 0 Å². The number of para-hydroxylation sites is 1. The first-order valence-electron chi connectivity index (χ1n) is 7.25. The van der Waals surface area contributed by atoms with E-state index in [-0.39, 0.29) is 12.1 Å². The third kappa shape index (κ3) is 5.21. The minimum Gasteiger partial charge on any atom is -0.394 e. The van der Waals surface area contributed by atoms with Crippen LogP contribution < -0.4 is 10.2 Å². The number of hydrogen-bond acceptors (Lipinski definition) is 3. The zero-order valence-corrected chi connectivity index (χ0v) is 12.5. The van der Waals surface area contributed by atoms with Gasteiger partial charge in [0.05, 0.1) is 6.61 Å². The fourth-order valence-electron chi connectivity index (χ4n) is 2.21. The van der Waals surface area contributed by atoms with Crippen LogP contribution in [0.4, 0.5) is 5.69 Å². The van der Waals surface area contributed by atoms with Gasteiger partial charge in [-0.1, -0.05) is 18.2 Å². The molecule has 2 N–H and O–H groups in total. The fourth-order valence-corrected chi connectivity index (χ4v) is 2.21. The van der Waals surface area contributed by atoms with Gasteiger partial charge >= 0.3 is 0 Å². The zero-order valence-electron chi connectivity index (χ0n) is 12.5. The highest BCUT2D eigenvalue weighted by Gasteiger charge is 2.19. The Hall–Kier alpha value is -1.06. The van der Waals surface area contributed by atoms with Gasteiger partial charge in [-0.3, -0.25) is 0 Å². The van der Waals surface area contributed by atoms with Crippen LogP contribution in [-0.4, -0.2) is 37.4 Å². The first-order valence-corrected chi connectivity index (χ1v) is 7.25. The third-order valence-corrected chi connectivity index (χ3v) is 3.86. The molecule has 3 heteroatoms. The molecule has 0 spiro atoms. The maximum Gasteiger partial charge on any atom is 0.0610 e. The predicted octanol–water partition coefficient (Wildman–Crippen LogP) is 2.65. The van der Waals surface area contributed by atoms with Crippen LogP contribution in [0, 0.1) is 0 Å². The molecule has 1 rings (SSSR count). The Labute approximate surface area is 117 Å². The molecule has 0 radical (unpaired) electrons. The normalized spacial score (nSPS) is 14.1. The Morgan fingerprint density at radius 1 is 1.21 bits per heavy atom. The Balaban J connectivity index is 2.35. The number of rotatable bonds is 9. The maximum atomic E-state index is 9.35. The summed E-state index contributed by atoms with van der Waals surface area (Å²) in [4.78, 5) is 2.40. The molecule has 1 unspecified atom stereocenters. The van der Waals surface area contributed by atoms with Crippen molar-refractivity contribution in [3.8, 4) is 0 Å². The first kappa shape index (κ1) is 16.0. The number of unbranched alkanes of at least 4 members (excludes halogenated alkanes) is 1. The second kappa shape index (κ2) is 8.18. The second-order valence-corrected chi connectivity index (χ2v) is 5.34. The number of aliphatic hydroxyl groups is 1. The molecular weight excluding hydrogens is 236 g/mol. The van der Waals surface area contributed by atoms with Gasteiger partial charge in [-0.05, 0) is 52.3 Å². The van der Waals surface area contributed by atoms with Crippen LogP contribution in [0.25, 0.3) is 0 Å². The van der Waals surface area contributed by atoms with Crippen LogP contribution in [0.5, 0.6) is 0 Å². The van der Waals surface area contributed by atoms with Crippen molar-refractivity contribution in [1.82, 2.24) is 5.32 Å².